The topological polar surface area (TPSA) is 37.3 Å². The summed E-state index contributed by atoms with van der Waals surface area (Å²) in [5, 5.41) is 8.59. The molecule has 1 N–H and O–H groups in total. The van der Waals surface area contributed by atoms with Crippen molar-refractivity contribution in [3.63, 3.8) is 0 Å². The van der Waals surface area contributed by atoms with Gasteiger partial charge in [-0.15, -0.1) is 0 Å². The number of carboxylic acid groups (broad SMARTS) is 1. The third-order valence-corrected chi connectivity index (χ3v) is 2.64. The van der Waals surface area contributed by atoms with Gasteiger partial charge in [0, 0.05) is 5.92 Å². The molecular weight excluding hydrogens is 166 g/mol. The lowest BCUT2D eigenvalue weighted by atomic mass is 10.1. The van der Waals surface area contributed by atoms with Crippen LogP contribution in [0.4, 0.5) is 8.78 Å². The van der Waals surface area contributed by atoms with Crippen LogP contribution in [0.15, 0.2) is 0 Å². The number of carbonyl (C=O) groups is 1. The summed E-state index contributed by atoms with van der Waals surface area (Å²) in [5.74, 6) is -5.90. The average Bonchev–Trinajstić information content (AvgIpc) is 2.31. The Hall–Kier alpha value is -0.670. The zero-order valence-electron chi connectivity index (χ0n) is 7.27. The van der Waals surface area contributed by atoms with Gasteiger partial charge in [0.15, 0.2) is 0 Å². The summed E-state index contributed by atoms with van der Waals surface area (Å²) >= 11 is 0. The Morgan fingerprint density at radius 1 is 1.50 bits per heavy atom. The Morgan fingerprint density at radius 3 is 2.00 bits per heavy atom. The maximum absolute atomic E-state index is 12.8. The predicted molar refractivity (Wildman–Crippen MR) is 39.0 cm³/mol. The molecule has 2 atom stereocenters. The Bertz CT molecular complexity index is 218. The fraction of sp³-hybridized carbons (Fsp3) is 0.875. The molecule has 4 heteroatoms. The van der Waals surface area contributed by atoms with E-state index in [2.05, 4.69) is 0 Å². The van der Waals surface area contributed by atoms with E-state index >= 15 is 0 Å². The molecule has 12 heavy (non-hydrogen) atoms. The molecule has 0 aromatic rings. The van der Waals surface area contributed by atoms with E-state index in [0.29, 0.717) is 0 Å². The second kappa shape index (κ2) is 2.18. The number of aliphatic carboxylic acids is 1. The quantitative estimate of drug-likeness (QED) is 0.702. The second-order valence-electron chi connectivity index (χ2n) is 4.07. The van der Waals surface area contributed by atoms with E-state index in [1.807, 2.05) is 0 Å². The molecule has 0 saturated heterocycles. The van der Waals surface area contributed by atoms with Gasteiger partial charge in [-0.2, -0.15) is 0 Å². The minimum absolute atomic E-state index is 0.760. The molecular formula is C8H12F2O2. The second-order valence-corrected chi connectivity index (χ2v) is 4.07. The predicted octanol–water partition coefficient (Wildman–Crippen LogP) is 2.00. The van der Waals surface area contributed by atoms with Crippen molar-refractivity contribution in [2.24, 2.45) is 17.3 Å². The van der Waals surface area contributed by atoms with Crippen molar-refractivity contribution >= 4 is 5.97 Å². The van der Waals surface area contributed by atoms with Crippen LogP contribution in [0.5, 0.6) is 0 Å². The highest BCUT2D eigenvalue weighted by Crippen LogP contribution is 2.64. The Labute approximate surface area is 69.6 Å². The molecule has 2 nitrogen and oxygen atoms in total. The first-order valence-electron chi connectivity index (χ1n) is 3.79. The van der Waals surface area contributed by atoms with Gasteiger partial charge >= 0.3 is 5.97 Å². The Balaban J connectivity index is 2.80. The van der Waals surface area contributed by atoms with E-state index in [4.69, 9.17) is 5.11 Å². The van der Waals surface area contributed by atoms with Crippen molar-refractivity contribution in [2.75, 3.05) is 0 Å². The molecule has 0 spiro atoms. The van der Waals surface area contributed by atoms with Crippen molar-refractivity contribution in [3.8, 4) is 0 Å². The van der Waals surface area contributed by atoms with Crippen molar-refractivity contribution < 1.29 is 18.7 Å². The van der Waals surface area contributed by atoms with Gasteiger partial charge in [-0.3, -0.25) is 4.79 Å². The van der Waals surface area contributed by atoms with E-state index in [1.165, 1.54) is 0 Å². The number of alkyl halides is 2. The normalized spacial score (nSPS) is 33.1. The maximum Gasteiger partial charge on any atom is 0.307 e. The molecule has 1 aliphatic rings. The number of halogens is 2. The first kappa shape index (κ1) is 9.42. The number of carboxylic acids is 1. The van der Waals surface area contributed by atoms with Crippen LogP contribution >= 0.6 is 0 Å². The van der Waals surface area contributed by atoms with E-state index in [0.717, 1.165) is 6.92 Å². The van der Waals surface area contributed by atoms with Crippen LogP contribution in [0.3, 0.4) is 0 Å². The number of hydrogen-bond donors (Lipinski definition) is 1. The van der Waals surface area contributed by atoms with Crippen molar-refractivity contribution in [3.05, 3.63) is 0 Å². The lowest BCUT2D eigenvalue weighted by Gasteiger charge is -2.10. The van der Waals surface area contributed by atoms with Crippen molar-refractivity contribution in [2.45, 2.75) is 26.7 Å². The first-order valence-corrected chi connectivity index (χ1v) is 3.79. The average molecular weight is 178 g/mol. The van der Waals surface area contributed by atoms with Gasteiger partial charge < -0.3 is 5.11 Å². The molecule has 1 fully saturated rings. The van der Waals surface area contributed by atoms with E-state index < -0.39 is 29.1 Å². The van der Waals surface area contributed by atoms with Crippen LogP contribution in [0.1, 0.15) is 20.8 Å². The van der Waals surface area contributed by atoms with E-state index in [-0.39, 0.29) is 0 Å². The Morgan fingerprint density at radius 2 is 1.92 bits per heavy atom. The highest BCUT2D eigenvalue weighted by atomic mass is 19.3. The molecule has 1 saturated carbocycles. The zero-order chi connectivity index (χ0) is 9.73. The van der Waals surface area contributed by atoms with Crippen molar-refractivity contribution in [1.29, 1.82) is 0 Å². The molecule has 0 aromatic heterocycles. The van der Waals surface area contributed by atoms with Gasteiger partial charge in [-0.25, -0.2) is 8.78 Å². The van der Waals surface area contributed by atoms with Crippen molar-refractivity contribution in [1.82, 2.24) is 0 Å². The van der Waals surface area contributed by atoms with Crippen LogP contribution in [-0.4, -0.2) is 17.0 Å². The largest absolute Gasteiger partial charge is 0.481 e. The zero-order valence-corrected chi connectivity index (χ0v) is 7.27. The number of hydrogen-bond acceptors (Lipinski definition) is 1. The lowest BCUT2D eigenvalue weighted by Crippen LogP contribution is -2.17. The minimum Gasteiger partial charge on any atom is -0.481 e. The lowest BCUT2D eigenvalue weighted by molar-refractivity contribution is -0.140. The molecule has 0 radical (unpaired) electrons. The van der Waals surface area contributed by atoms with Crippen LogP contribution in [0.2, 0.25) is 0 Å². The highest BCUT2D eigenvalue weighted by Gasteiger charge is 2.70. The SMILES string of the molecule is CC(F)(F)[C@@H]1[C@@H](C(=O)O)C1(C)C. The summed E-state index contributed by atoms with van der Waals surface area (Å²) in [4.78, 5) is 10.5. The van der Waals surface area contributed by atoms with Crippen LogP contribution < -0.4 is 0 Å². The monoisotopic (exact) mass is 178 g/mol. The highest BCUT2D eigenvalue weighted by molar-refractivity contribution is 5.75. The molecule has 0 aromatic carbocycles. The van der Waals surface area contributed by atoms with Crippen LogP contribution in [-0.2, 0) is 4.79 Å². The summed E-state index contributed by atoms with van der Waals surface area (Å²) in [5.41, 5.74) is -0.760. The molecule has 0 aliphatic heterocycles. The van der Waals surface area contributed by atoms with Crippen LogP contribution in [0.25, 0.3) is 0 Å². The standard InChI is InChI=1S/C8H12F2O2/c1-7(2)4(6(11)12)5(7)8(3,9)10/h4-5H,1-3H3,(H,11,12)/t4-,5+/m0/s1. The minimum atomic E-state index is -2.88. The molecule has 1 rings (SSSR count). The van der Waals surface area contributed by atoms with Crippen LogP contribution in [0, 0.1) is 17.3 Å². The van der Waals surface area contributed by atoms with Gasteiger partial charge in [0.2, 0.25) is 5.92 Å². The molecule has 0 amide bonds. The van der Waals surface area contributed by atoms with E-state index in [1.54, 1.807) is 13.8 Å². The third-order valence-electron chi connectivity index (χ3n) is 2.64. The smallest absolute Gasteiger partial charge is 0.307 e. The summed E-state index contributed by atoms with van der Waals surface area (Å²) < 4.78 is 25.5. The fourth-order valence-corrected chi connectivity index (χ4v) is 2.04. The summed E-state index contributed by atoms with van der Waals surface area (Å²) in [6.45, 7) is 3.91. The molecule has 0 heterocycles. The van der Waals surface area contributed by atoms with E-state index in [9.17, 15) is 13.6 Å². The summed E-state index contributed by atoms with van der Waals surface area (Å²) in [6, 6.07) is 0. The summed E-state index contributed by atoms with van der Waals surface area (Å²) in [6.07, 6.45) is 0. The summed E-state index contributed by atoms with van der Waals surface area (Å²) in [7, 11) is 0. The molecule has 0 bridgehead atoms. The molecule has 1 aliphatic carbocycles. The van der Waals surface area contributed by atoms with Gasteiger partial charge in [-0.1, -0.05) is 13.8 Å². The third kappa shape index (κ3) is 1.19. The molecule has 0 unspecified atom stereocenters. The number of rotatable bonds is 2. The maximum atomic E-state index is 12.8. The fourth-order valence-electron chi connectivity index (χ4n) is 2.04. The first-order chi connectivity index (χ1) is 5.19. The van der Waals surface area contributed by atoms with Gasteiger partial charge in [0.1, 0.15) is 0 Å². The molecule has 70 valence electrons. The van der Waals surface area contributed by atoms with Gasteiger partial charge in [0.25, 0.3) is 0 Å². The Kier molecular flexibility index (Phi) is 1.71. The van der Waals surface area contributed by atoms with Gasteiger partial charge in [-0.05, 0) is 12.3 Å². The van der Waals surface area contributed by atoms with Gasteiger partial charge in [0.05, 0.1) is 5.92 Å².